The SMILES string of the molecule is CC(C)N1C(=O)C(c2ccc(Cl)cc2)=C(N2CCN(c3ncccn3)CC2)C1=O. The zero-order valence-electron chi connectivity index (χ0n) is 16.4. The molecular formula is C21H22ClN5O2. The molecule has 29 heavy (non-hydrogen) atoms. The molecule has 1 aromatic carbocycles. The van der Waals surface area contributed by atoms with Crippen molar-refractivity contribution in [2.45, 2.75) is 19.9 Å². The third kappa shape index (κ3) is 3.58. The number of aromatic nitrogens is 2. The molecule has 0 atom stereocenters. The number of hydrogen-bond donors (Lipinski definition) is 0. The minimum atomic E-state index is -0.254. The first-order valence-electron chi connectivity index (χ1n) is 9.62. The Morgan fingerprint density at radius 3 is 2.07 bits per heavy atom. The maximum absolute atomic E-state index is 13.2. The third-order valence-electron chi connectivity index (χ3n) is 5.17. The van der Waals surface area contributed by atoms with Crippen molar-refractivity contribution < 1.29 is 9.59 Å². The normalized spacial score (nSPS) is 17.7. The molecule has 150 valence electrons. The lowest BCUT2D eigenvalue weighted by molar-refractivity contribution is -0.139. The minimum Gasteiger partial charge on any atom is -0.363 e. The Labute approximate surface area is 174 Å². The Balaban J connectivity index is 1.66. The second-order valence-corrected chi connectivity index (χ2v) is 7.76. The molecule has 0 aliphatic carbocycles. The van der Waals surface area contributed by atoms with Crippen molar-refractivity contribution in [1.29, 1.82) is 0 Å². The van der Waals surface area contributed by atoms with Gasteiger partial charge >= 0.3 is 0 Å². The summed E-state index contributed by atoms with van der Waals surface area (Å²) in [5.41, 5.74) is 1.63. The summed E-state index contributed by atoms with van der Waals surface area (Å²) in [5.74, 6) is 0.187. The van der Waals surface area contributed by atoms with Crippen molar-refractivity contribution in [2.24, 2.45) is 0 Å². The predicted molar refractivity (Wildman–Crippen MR) is 111 cm³/mol. The summed E-state index contributed by atoms with van der Waals surface area (Å²) in [7, 11) is 0. The lowest BCUT2D eigenvalue weighted by atomic mass is 10.0. The van der Waals surface area contributed by atoms with Gasteiger partial charge in [0.15, 0.2) is 0 Å². The number of nitrogens with zero attached hydrogens (tertiary/aromatic N) is 5. The molecule has 3 heterocycles. The Morgan fingerprint density at radius 2 is 1.48 bits per heavy atom. The van der Waals surface area contributed by atoms with E-state index < -0.39 is 0 Å². The maximum Gasteiger partial charge on any atom is 0.278 e. The van der Waals surface area contributed by atoms with E-state index in [1.54, 1.807) is 42.7 Å². The summed E-state index contributed by atoms with van der Waals surface area (Å²) in [6.45, 7) is 6.26. The van der Waals surface area contributed by atoms with Crippen LogP contribution in [0.15, 0.2) is 48.4 Å². The lowest BCUT2D eigenvalue weighted by Gasteiger charge is -2.36. The number of rotatable bonds is 4. The fraction of sp³-hybridized carbons (Fsp3) is 0.333. The minimum absolute atomic E-state index is 0.214. The highest BCUT2D eigenvalue weighted by atomic mass is 35.5. The zero-order chi connectivity index (χ0) is 20.5. The fourth-order valence-electron chi connectivity index (χ4n) is 3.76. The van der Waals surface area contributed by atoms with Crippen LogP contribution in [0.25, 0.3) is 5.57 Å². The van der Waals surface area contributed by atoms with Gasteiger partial charge in [0.2, 0.25) is 5.95 Å². The van der Waals surface area contributed by atoms with E-state index in [1.807, 2.05) is 18.7 Å². The molecule has 4 rings (SSSR count). The Bertz CT molecular complexity index is 951. The number of benzene rings is 1. The topological polar surface area (TPSA) is 69.6 Å². The highest BCUT2D eigenvalue weighted by Crippen LogP contribution is 2.34. The van der Waals surface area contributed by atoms with Gasteiger partial charge in [-0.25, -0.2) is 9.97 Å². The number of amides is 2. The highest BCUT2D eigenvalue weighted by Gasteiger charge is 2.43. The van der Waals surface area contributed by atoms with E-state index >= 15 is 0 Å². The summed E-state index contributed by atoms with van der Waals surface area (Å²) in [6, 6.07) is 8.63. The first kappa shape index (κ1) is 19.4. The van der Waals surface area contributed by atoms with Crippen LogP contribution < -0.4 is 4.90 Å². The fourth-order valence-corrected chi connectivity index (χ4v) is 3.88. The van der Waals surface area contributed by atoms with E-state index in [4.69, 9.17) is 11.6 Å². The van der Waals surface area contributed by atoms with Crippen LogP contribution in [0.3, 0.4) is 0 Å². The second-order valence-electron chi connectivity index (χ2n) is 7.33. The van der Waals surface area contributed by atoms with Crippen molar-refractivity contribution in [2.75, 3.05) is 31.1 Å². The molecular weight excluding hydrogens is 390 g/mol. The molecule has 0 bridgehead atoms. The molecule has 2 aliphatic rings. The van der Waals surface area contributed by atoms with Crippen molar-refractivity contribution in [3.63, 3.8) is 0 Å². The van der Waals surface area contributed by atoms with Crippen LogP contribution in [0, 0.1) is 0 Å². The van der Waals surface area contributed by atoms with Gasteiger partial charge in [-0.05, 0) is 37.6 Å². The van der Waals surface area contributed by atoms with E-state index in [-0.39, 0.29) is 17.9 Å². The molecule has 2 amide bonds. The number of imide groups is 1. The molecule has 2 aliphatic heterocycles. The molecule has 1 saturated heterocycles. The van der Waals surface area contributed by atoms with Crippen LogP contribution in [0.5, 0.6) is 0 Å². The average Bonchev–Trinajstić information content (AvgIpc) is 2.99. The van der Waals surface area contributed by atoms with E-state index in [2.05, 4.69) is 14.9 Å². The molecule has 8 heteroatoms. The molecule has 1 fully saturated rings. The molecule has 0 saturated carbocycles. The number of carbonyl (C=O) groups excluding carboxylic acids is 2. The van der Waals surface area contributed by atoms with Gasteiger partial charge < -0.3 is 9.80 Å². The largest absolute Gasteiger partial charge is 0.363 e. The molecule has 0 radical (unpaired) electrons. The van der Waals surface area contributed by atoms with Crippen LogP contribution >= 0.6 is 11.6 Å². The van der Waals surface area contributed by atoms with Gasteiger partial charge in [-0.2, -0.15) is 0 Å². The third-order valence-corrected chi connectivity index (χ3v) is 5.42. The lowest BCUT2D eigenvalue weighted by Crippen LogP contribution is -2.48. The second kappa shape index (κ2) is 7.83. The van der Waals surface area contributed by atoms with E-state index in [1.165, 1.54) is 4.90 Å². The summed E-state index contributed by atoms with van der Waals surface area (Å²) in [4.78, 5) is 40.4. The average molecular weight is 412 g/mol. The van der Waals surface area contributed by atoms with Gasteiger partial charge in [-0.1, -0.05) is 23.7 Å². The number of anilines is 1. The molecule has 0 unspecified atom stereocenters. The zero-order valence-corrected chi connectivity index (χ0v) is 17.1. The highest BCUT2D eigenvalue weighted by molar-refractivity contribution is 6.36. The van der Waals surface area contributed by atoms with Gasteiger partial charge in [-0.15, -0.1) is 0 Å². The first-order valence-corrected chi connectivity index (χ1v) is 10.00. The van der Waals surface area contributed by atoms with Crippen LogP contribution in [-0.2, 0) is 9.59 Å². The first-order chi connectivity index (χ1) is 14.0. The standard InChI is InChI=1S/C21H22ClN5O2/c1-14(2)27-19(28)17(15-4-6-16(22)7-5-15)18(20(27)29)25-10-12-26(13-11-25)21-23-8-3-9-24-21/h3-9,14H,10-13H2,1-2H3. The monoisotopic (exact) mass is 411 g/mol. The Morgan fingerprint density at radius 1 is 0.897 bits per heavy atom. The van der Waals surface area contributed by atoms with Gasteiger partial charge in [0.1, 0.15) is 5.70 Å². The number of carbonyl (C=O) groups is 2. The van der Waals surface area contributed by atoms with Crippen LogP contribution in [0.4, 0.5) is 5.95 Å². The summed E-state index contributed by atoms with van der Waals surface area (Å²) < 4.78 is 0. The molecule has 1 aromatic heterocycles. The van der Waals surface area contributed by atoms with Gasteiger partial charge in [-0.3, -0.25) is 14.5 Å². The van der Waals surface area contributed by atoms with E-state index in [9.17, 15) is 9.59 Å². The van der Waals surface area contributed by atoms with E-state index in [0.717, 1.165) is 0 Å². The van der Waals surface area contributed by atoms with Crippen LogP contribution in [-0.4, -0.2) is 63.8 Å². The number of halogens is 1. The quantitative estimate of drug-likeness (QED) is 0.720. The number of piperazine rings is 1. The van der Waals surface area contributed by atoms with Crippen LogP contribution in [0.1, 0.15) is 19.4 Å². The maximum atomic E-state index is 13.2. The summed E-state index contributed by atoms with van der Waals surface area (Å²) in [5, 5.41) is 0.588. The van der Waals surface area contributed by atoms with Crippen molar-refractivity contribution in [1.82, 2.24) is 19.8 Å². The van der Waals surface area contributed by atoms with Gasteiger partial charge in [0.05, 0.1) is 5.57 Å². The van der Waals surface area contributed by atoms with E-state index in [0.29, 0.717) is 54.0 Å². The predicted octanol–water partition coefficient (Wildman–Crippen LogP) is 2.44. The Hall–Kier alpha value is -2.93. The number of hydrogen-bond acceptors (Lipinski definition) is 6. The summed E-state index contributed by atoms with van der Waals surface area (Å²) in [6.07, 6.45) is 3.44. The van der Waals surface area contributed by atoms with Gasteiger partial charge in [0.25, 0.3) is 11.8 Å². The van der Waals surface area contributed by atoms with Crippen molar-refractivity contribution in [3.8, 4) is 0 Å². The molecule has 0 N–H and O–H groups in total. The Kier molecular flexibility index (Phi) is 5.24. The van der Waals surface area contributed by atoms with Crippen LogP contribution in [0.2, 0.25) is 5.02 Å². The molecule has 2 aromatic rings. The molecule has 0 spiro atoms. The molecule has 7 nitrogen and oxygen atoms in total. The van der Waals surface area contributed by atoms with Crippen molar-refractivity contribution in [3.05, 3.63) is 59.0 Å². The smallest absolute Gasteiger partial charge is 0.278 e. The summed E-state index contributed by atoms with van der Waals surface area (Å²) >= 11 is 6.02. The van der Waals surface area contributed by atoms with Gasteiger partial charge in [0, 0.05) is 49.6 Å². The van der Waals surface area contributed by atoms with Crippen molar-refractivity contribution >= 4 is 34.9 Å².